The van der Waals surface area contributed by atoms with Gasteiger partial charge in [0.2, 0.25) is 0 Å². The molecular weight excluding hydrogens is 331 g/mol. The molecule has 2 bridgehead atoms. The average Bonchev–Trinajstić information content (AvgIpc) is 2.54. The molecule has 3 rings (SSSR count). The zero-order chi connectivity index (χ0) is 18.4. The van der Waals surface area contributed by atoms with E-state index in [9.17, 15) is 18.0 Å². The molecule has 0 spiro atoms. The van der Waals surface area contributed by atoms with Gasteiger partial charge in [-0.05, 0) is 42.7 Å². The summed E-state index contributed by atoms with van der Waals surface area (Å²) in [4.78, 5) is 14.2. The molecule has 2 aliphatic carbocycles. The Hall–Kier alpha value is -2.50. The molecule has 6 heteroatoms. The van der Waals surface area contributed by atoms with Crippen LogP contribution in [0.3, 0.4) is 0 Å². The van der Waals surface area contributed by atoms with Gasteiger partial charge in [-0.25, -0.2) is 0 Å². The van der Waals surface area contributed by atoms with Crippen molar-refractivity contribution < 1.29 is 22.7 Å². The molecule has 1 aromatic carbocycles. The summed E-state index contributed by atoms with van der Waals surface area (Å²) in [6.45, 7) is 1.51. The highest BCUT2D eigenvalue weighted by Crippen LogP contribution is 2.62. The Morgan fingerprint density at radius 1 is 1.20 bits per heavy atom. The quantitative estimate of drug-likeness (QED) is 0.722. The number of anilines is 1. The minimum Gasteiger partial charge on any atom is -0.428 e. The van der Waals surface area contributed by atoms with E-state index in [0.29, 0.717) is 12.0 Å². The highest BCUT2D eigenvalue weighted by atomic mass is 19.3. The SMILES string of the molecule is CC(=O)C12C=CC(OC(F)=C(F)F)=C(C1)C2c1ccc(N(C)C)cc1. The number of halogens is 3. The van der Waals surface area contributed by atoms with Crippen molar-refractivity contribution in [2.24, 2.45) is 5.41 Å². The summed E-state index contributed by atoms with van der Waals surface area (Å²) < 4.78 is 42.6. The molecule has 0 radical (unpaired) electrons. The molecule has 0 heterocycles. The van der Waals surface area contributed by atoms with Gasteiger partial charge in [-0.2, -0.15) is 13.2 Å². The van der Waals surface area contributed by atoms with Crippen molar-refractivity contribution in [2.75, 3.05) is 19.0 Å². The lowest BCUT2D eigenvalue weighted by molar-refractivity contribution is -0.127. The number of ketones is 1. The van der Waals surface area contributed by atoms with Gasteiger partial charge in [-0.3, -0.25) is 4.79 Å². The third-order valence-corrected chi connectivity index (χ3v) is 4.94. The van der Waals surface area contributed by atoms with Crippen LogP contribution in [0.4, 0.5) is 18.9 Å². The molecular formula is C19H18F3NO2. The number of nitrogens with zero attached hydrogens (tertiary/aromatic N) is 1. The lowest BCUT2D eigenvalue weighted by atomic mass is 9.50. The molecule has 0 saturated heterocycles. The van der Waals surface area contributed by atoms with Gasteiger partial charge in [0, 0.05) is 25.7 Å². The Balaban J connectivity index is 2.00. The minimum atomic E-state index is -2.50. The van der Waals surface area contributed by atoms with E-state index in [4.69, 9.17) is 0 Å². The summed E-state index contributed by atoms with van der Waals surface area (Å²) in [5, 5.41) is 0. The summed E-state index contributed by atoms with van der Waals surface area (Å²) in [6, 6.07) is 5.73. The van der Waals surface area contributed by atoms with Crippen LogP contribution in [0, 0.1) is 5.41 Å². The first-order chi connectivity index (χ1) is 11.8. The van der Waals surface area contributed by atoms with Gasteiger partial charge in [-0.15, -0.1) is 0 Å². The topological polar surface area (TPSA) is 29.5 Å². The smallest absolute Gasteiger partial charge is 0.344 e. The van der Waals surface area contributed by atoms with E-state index in [0.717, 1.165) is 11.3 Å². The van der Waals surface area contributed by atoms with Crippen LogP contribution in [0.15, 0.2) is 59.8 Å². The fraction of sp³-hybridized carbons (Fsp3) is 0.316. The molecule has 2 atom stereocenters. The average molecular weight is 349 g/mol. The van der Waals surface area contributed by atoms with Crippen molar-refractivity contribution in [2.45, 2.75) is 19.3 Å². The van der Waals surface area contributed by atoms with Gasteiger partial charge in [0.05, 0.1) is 5.41 Å². The normalized spacial score (nSPS) is 23.8. The number of benzene rings is 1. The first-order valence-electron chi connectivity index (χ1n) is 7.85. The Labute approximate surface area is 144 Å². The number of hydrogen-bond acceptors (Lipinski definition) is 3. The summed E-state index contributed by atoms with van der Waals surface area (Å²) in [6.07, 6.45) is 0.908. The molecule has 132 valence electrons. The first kappa shape index (κ1) is 17.3. The number of carbonyl (C=O) groups excluding carboxylic acids is 1. The molecule has 1 fully saturated rings. The van der Waals surface area contributed by atoms with Crippen molar-refractivity contribution in [3.8, 4) is 0 Å². The van der Waals surface area contributed by atoms with Crippen molar-refractivity contribution in [3.05, 3.63) is 65.4 Å². The van der Waals surface area contributed by atoms with Crippen LogP contribution >= 0.6 is 0 Å². The summed E-state index contributed by atoms with van der Waals surface area (Å²) in [5.74, 6) is -0.285. The van der Waals surface area contributed by atoms with Crippen molar-refractivity contribution in [3.63, 3.8) is 0 Å². The van der Waals surface area contributed by atoms with E-state index in [-0.39, 0.29) is 17.5 Å². The molecule has 3 nitrogen and oxygen atoms in total. The van der Waals surface area contributed by atoms with Crippen LogP contribution in [-0.2, 0) is 9.53 Å². The highest BCUT2D eigenvalue weighted by Gasteiger charge is 2.56. The molecule has 2 unspecified atom stereocenters. The maximum absolute atomic E-state index is 13.2. The summed E-state index contributed by atoms with van der Waals surface area (Å²) >= 11 is 0. The first-order valence-corrected chi connectivity index (χ1v) is 7.85. The second-order valence-electron chi connectivity index (χ2n) is 6.55. The molecule has 2 aliphatic rings. The highest BCUT2D eigenvalue weighted by molar-refractivity contribution is 5.90. The van der Waals surface area contributed by atoms with Gasteiger partial charge in [0.15, 0.2) is 0 Å². The lowest BCUT2D eigenvalue weighted by Crippen LogP contribution is -2.47. The van der Waals surface area contributed by atoms with Crippen LogP contribution in [0.25, 0.3) is 0 Å². The molecule has 1 saturated carbocycles. The number of fused-ring (bicyclic) bond motifs is 2. The maximum Gasteiger partial charge on any atom is 0.344 e. The number of allylic oxidation sites excluding steroid dienone is 3. The van der Waals surface area contributed by atoms with Crippen molar-refractivity contribution in [1.29, 1.82) is 0 Å². The van der Waals surface area contributed by atoms with E-state index in [1.807, 2.05) is 43.3 Å². The Kier molecular flexibility index (Phi) is 4.22. The van der Waals surface area contributed by atoms with E-state index in [1.165, 1.54) is 13.0 Å². The molecule has 0 N–H and O–H groups in total. The monoisotopic (exact) mass is 349 g/mol. The largest absolute Gasteiger partial charge is 0.428 e. The number of Topliss-reactive ketones (excluding diaryl/α,β-unsaturated/α-hetero) is 1. The molecule has 0 aliphatic heterocycles. The number of rotatable bonds is 5. The van der Waals surface area contributed by atoms with Crippen LogP contribution in [0.5, 0.6) is 0 Å². The van der Waals surface area contributed by atoms with Crippen LogP contribution in [-0.4, -0.2) is 19.9 Å². The van der Waals surface area contributed by atoms with E-state index in [2.05, 4.69) is 4.74 Å². The van der Waals surface area contributed by atoms with E-state index in [1.54, 1.807) is 6.08 Å². The van der Waals surface area contributed by atoms with Crippen molar-refractivity contribution >= 4 is 11.5 Å². The zero-order valence-corrected chi connectivity index (χ0v) is 14.1. The van der Waals surface area contributed by atoms with Crippen LogP contribution < -0.4 is 4.90 Å². The van der Waals surface area contributed by atoms with Gasteiger partial charge in [-0.1, -0.05) is 18.2 Å². The number of ether oxygens (including phenoxy) is 1. The fourth-order valence-corrected chi connectivity index (χ4v) is 3.56. The van der Waals surface area contributed by atoms with Crippen LogP contribution in [0.1, 0.15) is 24.8 Å². The Morgan fingerprint density at radius 3 is 2.32 bits per heavy atom. The van der Waals surface area contributed by atoms with E-state index < -0.39 is 17.5 Å². The Bertz CT molecular complexity index is 804. The van der Waals surface area contributed by atoms with Gasteiger partial charge < -0.3 is 9.64 Å². The maximum atomic E-state index is 13.2. The second-order valence-corrected chi connectivity index (χ2v) is 6.55. The third-order valence-electron chi connectivity index (χ3n) is 4.94. The zero-order valence-electron chi connectivity index (χ0n) is 14.1. The summed E-state index contributed by atoms with van der Waals surface area (Å²) in [5.41, 5.74) is 1.82. The van der Waals surface area contributed by atoms with Gasteiger partial charge in [0.25, 0.3) is 0 Å². The second kappa shape index (κ2) is 6.10. The predicted octanol–water partition coefficient (Wildman–Crippen LogP) is 4.69. The molecule has 25 heavy (non-hydrogen) atoms. The van der Waals surface area contributed by atoms with Gasteiger partial charge in [0.1, 0.15) is 11.5 Å². The number of hydrogen-bond donors (Lipinski definition) is 0. The molecule has 1 aromatic rings. The van der Waals surface area contributed by atoms with Crippen LogP contribution in [0.2, 0.25) is 0 Å². The molecule has 0 amide bonds. The van der Waals surface area contributed by atoms with Crippen molar-refractivity contribution in [1.82, 2.24) is 0 Å². The molecule has 0 aromatic heterocycles. The fourth-order valence-electron chi connectivity index (χ4n) is 3.56. The lowest BCUT2D eigenvalue weighted by Gasteiger charge is -2.51. The predicted molar refractivity (Wildman–Crippen MR) is 88.8 cm³/mol. The van der Waals surface area contributed by atoms with E-state index >= 15 is 0 Å². The summed E-state index contributed by atoms with van der Waals surface area (Å²) in [7, 11) is 3.84. The third kappa shape index (κ3) is 2.75. The standard InChI is InChI=1S/C19H18F3NO2/c1-11(24)19-9-8-15(25-18(22)17(20)21)14(10-19)16(19)12-4-6-13(7-5-12)23(2)3/h4-9,16H,10H2,1-3H3. The Morgan fingerprint density at radius 2 is 1.84 bits per heavy atom. The minimum absolute atomic E-state index is 0.0130. The number of carbonyl (C=O) groups is 1. The van der Waals surface area contributed by atoms with Gasteiger partial charge >= 0.3 is 12.1 Å².